The minimum absolute atomic E-state index is 0.0861. The third-order valence-corrected chi connectivity index (χ3v) is 2.91. The molecule has 1 aliphatic heterocycles. The topological polar surface area (TPSA) is 46.2 Å². The smallest absolute Gasteiger partial charge is 0.226 e. The Morgan fingerprint density at radius 1 is 1.00 bits per heavy atom. The van der Waals surface area contributed by atoms with Crippen molar-refractivity contribution in [2.75, 3.05) is 0 Å². The summed E-state index contributed by atoms with van der Waals surface area (Å²) in [6.07, 6.45) is 6.09. The summed E-state index contributed by atoms with van der Waals surface area (Å²) in [5.74, 6) is 1.05. The van der Waals surface area contributed by atoms with E-state index in [0.717, 1.165) is 12.3 Å². The molecule has 2 aliphatic rings. The summed E-state index contributed by atoms with van der Waals surface area (Å²) in [4.78, 5) is 22.0. The number of rotatable bonds is 3. The van der Waals surface area contributed by atoms with Gasteiger partial charge in [-0.1, -0.05) is 19.3 Å². The van der Waals surface area contributed by atoms with E-state index in [2.05, 4.69) is 5.32 Å². The number of hydrogen-bond acceptors (Lipinski definition) is 2. The summed E-state index contributed by atoms with van der Waals surface area (Å²) >= 11 is 0. The van der Waals surface area contributed by atoms with Gasteiger partial charge in [0.1, 0.15) is 0 Å². The van der Waals surface area contributed by atoms with E-state index in [1.165, 1.54) is 19.3 Å². The maximum atomic E-state index is 11.0. The molecule has 3 nitrogen and oxygen atoms in total. The van der Waals surface area contributed by atoms with Crippen molar-refractivity contribution in [2.24, 2.45) is 11.8 Å². The van der Waals surface area contributed by atoms with E-state index < -0.39 is 0 Å². The van der Waals surface area contributed by atoms with Crippen LogP contribution in [0.15, 0.2) is 0 Å². The molecule has 0 spiro atoms. The van der Waals surface area contributed by atoms with Crippen molar-refractivity contribution in [1.82, 2.24) is 5.32 Å². The number of amides is 2. The van der Waals surface area contributed by atoms with Gasteiger partial charge in [-0.2, -0.15) is 0 Å². The molecule has 1 aliphatic carbocycles. The zero-order valence-electron chi connectivity index (χ0n) is 7.71. The van der Waals surface area contributed by atoms with Gasteiger partial charge in [0.05, 0.1) is 0 Å². The van der Waals surface area contributed by atoms with Crippen molar-refractivity contribution in [3.8, 4) is 0 Å². The quantitative estimate of drug-likeness (QED) is 0.665. The first-order chi connectivity index (χ1) is 6.24. The Hall–Kier alpha value is -0.860. The molecule has 0 aromatic carbocycles. The summed E-state index contributed by atoms with van der Waals surface area (Å²) in [6.45, 7) is 0. The first-order valence-corrected chi connectivity index (χ1v) is 5.06. The Kier molecular flexibility index (Phi) is 2.34. The summed E-state index contributed by atoms with van der Waals surface area (Å²) in [5, 5.41) is 2.33. The summed E-state index contributed by atoms with van der Waals surface area (Å²) < 4.78 is 0. The first kappa shape index (κ1) is 8.73. The molecule has 3 heteroatoms. The Balaban J connectivity index is 1.76. The highest BCUT2D eigenvalue weighted by Gasteiger charge is 2.27. The highest BCUT2D eigenvalue weighted by molar-refractivity contribution is 5.97. The van der Waals surface area contributed by atoms with E-state index >= 15 is 0 Å². The molecule has 2 amide bonds. The molecule has 0 bridgehead atoms. The lowest BCUT2D eigenvalue weighted by Crippen LogP contribution is -2.38. The predicted octanol–water partition coefficient (Wildman–Crippen LogP) is 1.23. The van der Waals surface area contributed by atoms with Gasteiger partial charge in [-0.3, -0.25) is 14.9 Å². The van der Waals surface area contributed by atoms with Crippen LogP contribution >= 0.6 is 0 Å². The number of carbonyl (C=O) groups excluding carboxylic acids is 2. The third-order valence-electron chi connectivity index (χ3n) is 2.91. The lowest BCUT2D eigenvalue weighted by atomic mass is 9.91. The van der Waals surface area contributed by atoms with Crippen LogP contribution in [0.3, 0.4) is 0 Å². The van der Waals surface area contributed by atoms with Gasteiger partial charge in [-0.25, -0.2) is 0 Å². The fourth-order valence-corrected chi connectivity index (χ4v) is 1.94. The molecule has 13 heavy (non-hydrogen) atoms. The highest BCUT2D eigenvalue weighted by Crippen LogP contribution is 2.35. The minimum Gasteiger partial charge on any atom is -0.296 e. The van der Waals surface area contributed by atoms with Crippen molar-refractivity contribution in [1.29, 1.82) is 0 Å². The Bertz CT molecular complexity index is 217. The lowest BCUT2D eigenvalue weighted by molar-refractivity contribution is -0.134. The molecular formula is C10H15NO2. The second kappa shape index (κ2) is 3.48. The Morgan fingerprint density at radius 2 is 1.54 bits per heavy atom. The van der Waals surface area contributed by atoms with E-state index in [0.29, 0.717) is 18.8 Å². The first-order valence-electron chi connectivity index (χ1n) is 5.06. The second-order valence-corrected chi connectivity index (χ2v) is 4.27. The molecule has 1 saturated carbocycles. The standard InChI is InChI=1S/C10H15NO2/c12-9-5-8(6-10(13)11-9)4-3-7-1-2-7/h7-8H,1-6H2,(H,11,12,13). The van der Waals surface area contributed by atoms with Gasteiger partial charge in [0.25, 0.3) is 0 Å². The van der Waals surface area contributed by atoms with E-state index in [1.807, 2.05) is 0 Å². The maximum Gasteiger partial charge on any atom is 0.226 e. The van der Waals surface area contributed by atoms with E-state index in [4.69, 9.17) is 0 Å². The largest absolute Gasteiger partial charge is 0.296 e. The van der Waals surface area contributed by atoms with Gasteiger partial charge in [0.15, 0.2) is 0 Å². The fourth-order valence-electron chi connectivity index (χ4n) is 1.94. The minimum atomic E-state index is -0.0861. The molecule has 1 saturated heterocycles. The van der Waals surface area contributed by atoms with Crippen LogP contribution < -0.4 is 5.32 Å². The lowest BCUT2D eigenvalue weighted by Gasteiger charge is -2.20. The molecule has 0 atom stereocenters. The van der Waals surface area contributed by atoms with Crippen molar-refractivity contribution in [2.45, 2.75) is 38.5 Å². The zero-order valence-corrected chi connectivity index (χ0v) is 7.71. The molecule has 0 aromatic rings. The van der Waals surface area contributed by atoms with Gasteiger partial charge >= 0.3 is 0 Å². The zero-order chi connectivity index (χ0) is 9.26. The van der Waals surface area contributed by atoms with Gasteiger partial charge in [-0.05, 0) is 18.3 Å². The van der Waals surface area contributed by atoms with Crippen LogP contribution in [-0.4, -0.2) is 11.8 Å². The number of nitrogens with one attached hydrogen (secondary N) is 1. The van der Waals surface area contributed by atoms with E-state index in [1.54, 1.807) is 0 Å². The maximum absolute atomic E-state index is 11.0. The molecule has 0 unspecified atom stereocenters. The number of hydrogen-bond donors (Lipinski definition) is 1. The SMILES string of the molecule is O=C1CC(CCC2CC2)CC(=O)N1. The molecule has 0 radical (unpaired) electrons. The van der Waals surface area contributed by atoms with Crippen LogP contribution in [0.2, 0.25) is 0 Å². The van der Waals surface area contributed by atoms with Gasteiger partial charge in [0.2, 0.25) is 11.8 Å². The van der Waals surface area contributed by atoms with E-state index in [9.17, 15) is 9.59 Å². The average molecular weight is 181 g/mol. The molecule has 72 valence electrons. The predicted molar refractivity (Wildman–Crippen MR) is 47.8 cm³/mol. The van der Waals surface area contributed by atoms with Gasteiger partial charge < -0.3 is 0 Å². The summed E-state index contributed by atoms with van der Waals surface area (Å²) in [5.41, 5.74) is 0. The monoisotopic (exact) mass is 181 g/mol. The Morgan fingerprint density at radius 3 is 2.08 bits per heavy atom. The molecular weight excluding hydrogens is 166 g/mol. The number of carbonyl (C=O) groups is 2. The van der Waals surface area contributed by atoms with Crippen LogP contribution in [0.25, 0.3) is 0 Å². The van der Waals surface area contributed by atoms with E-state index in [-0.39, 0.29) is 11.8 Å². The Labute approximate surface area is 77.9 Å². The van der Waals surface area contributed by atoms with Gasteiger partial charge in [0, 0.05) is 12.8 Å². The van der Waals surface area contributed by atoms with Crippen LogP contribution in [0.5, 0.6) is 0 Å². The second-order valence-electron chi connectivity index (χ2n) is 4.27. The number of imide groups is 1. The molecule has 0 aromatic heterocycles. The summed E-state index contributed by atoms with van der Waals surface area (Å²) in [7, 11) is 0. The van der Waals surface area contributed by atoms with Crippen molar-refractivity contribution in [3.05, 3.63) is 0 Å². The van der Waals surface area contributed by atoms with Crippen LogP contribution in [0.1, 0.15) is 38.5 Å². The fraction of sp³-hybridized carbons (Fsp3) is 0.800. The average Bonchev–Trinajstić information content (AvgIpc) is 2.81. The van der Waals surface area contributed by atoms with Crippen LogP contribution in [-0.2, 0) is 9.59 Å². The highest BCUT2D eigenvalue weighted by atomic mass is 16.2. The van der Waals surface area contributed by atoms with Crippen molar-refractivity contribution < 1.29 is 9.59 Å². The molecule has 1 heterocycles. The number of piperidine rings is 1. The van der Waals surface area contributed by atoms with Crippen molar-refractivity contribution in [3.63, 3.8) is 0 Å². The van der Waals surface area contributed by atoms with Crippen LogP contribution in [0.4, 0.5) is 0 Å². The normalized spacial score (nSPS) is 24.6. The summed E-state index contributed by atoms with van der Waals surface area (Å²) in [6, 6.07) is 0. The molecule has 2 rings (SSSR count). The van der Waals surface area contributed by atoms with Crippen LogP contribution in [0, 0.1) is 11.8 Å². The molecule has 2 fully saturated rings. The molecule has 1 N–H and O–H groups in total. The third kappa shape index (κ3) is 2.54. The van der Waals surface area contributed by atoms with Gasteiger partial charge in [-0.15, -0.1) is 0 Å². The van der Waals surface area contributed by atoms with Crippen molar-refractivity contribution >= 4 is 11.8 Å².